The van der Waals surface area contributed by atoms with Crippen LogP contribution in [0.2, 0.25) is 0 Å². The molecule has 4 heterocycles. The SMILES string of the molecule is Cc1ccc(-n2ncc3c2ncn2nc([C@H]4CCCO4)nc32)cc1. The molecule has 0 saturated carbocycles. The fourth-order valence-corrected chi connectivity index (χ4v) is 3.13. The number of hydrogen-bond acceptors (Lipinski definition) is 5. The minimum atomic E-state index is -0.00732. The number of fused-ring (bicyclic) bond motifs is 3. The van der Waals surface area contributed by atoms with Gasteiger partial charge in [-0.2, -0.15) is 5.10 Å². The predicted molar refractivity (Wildman–Crippen MR) is 88.1 cm³/mol. The Hall–Kier alpha value is -2.80. The summed E-state index contributed by atoms with van der Waals surface area (Å²) in [6.45, 7) is 2.84. The lowest BCUT2D eigenvalue weighted by atomic mass is 10.2. The summed E-state index contributed by atoms with van der Waals surface area (Å²) in [7, 11) is 0. The quantitative estimate of drug-likeness (QED) is 0.568. The van der Waals surface area contributed by atoms with E-state index in [2.05, 4.69) is 39.2 Å². The smallest absolute Gasteiger partial charge is 0.180 e. The maximum Gasteiger partial charge on any atom is 0.180 e. The Morgan fingerprint density at radius 3 is 2.83 bits per heavy atom. The highest BCUT2D eigenvalue weighted by Gasteiger charge is 2.23. The van der Waals surface area contributed by atoms with E-state index in [4.69, 9.17) is 4.74 Å². The molecule has 1 aliphatic heterocycles. The van der Waals surface area contributed by atoms with E-state index in [-0.39, 0.29) is 6.10 Å². The molecular weight excluding hydrogens is 304 g/mol. The molecule has 0 unspecified atom stereocenters. The van der Waals surface area contributed by atoms with Gasteiger partial charge in [0.05, 0.1) is 17.3 Å². The van der Waals surface area contributed by atoms with E-state index in [1.807, 2.05) is 16.8 Å². The number of hydrogen-bond donors (Lipinski definition) is 0. The highest BCUT2D eigenvalue weighted by atomic mass is 16.5. The van der Waals surface area contributed by atoms with Gasteiger partial charge in [-0.25, -0.2) is 19.2 Å². The third-order valence-electron chi connectivity index (χ3n) is 4.42. The summed E-state index contributed by atoms with van der Waals surface area (Å²) >= 11 is 0. The van der Waals surface area contributed by atoms with Crippen molar-refractivity contribution in [1.82, 2.24) is 29.4 Å². The van der Waals surface area contributed by atoms with Gasteiger partial charge in [0.15, 0.2) is 17.1 Å². The minimum Gasteiger partial charge on any atom is -0.370 e. The number of aromatic nitrogens is 6. The van der Waals surface area contributed by atoms with E-state index in [0.29, 0.717) is 0 Å². The summed E-state index contributed by atoms with van der Waals surface area (Å²) in [4.78, 5) is 9.21. The molecule has 120 valence electrons. The van der Waals surface area contributed by atoms with Gasteiger partial charge in [-0.05, 0) is 31.9 Å². The van der Waals surface area contributed by atoms with Crippen LogP contribution in [0, 0.1) is 6.92 Å². The van der Waals surface area contributed by atoms with Crippen LogP contribution in [-0.2, 0) is 4.74 Å². The Bertz CT molecular complexity index is 1030. The molecule has 24 heavy (non-hydrogen) atoms. The summed E-state index contributed by atoms with van der Waals surface area (Å²) in [5.74, 6) is 0.727. The van der Waals surface area contributed by atoms with Gasteiger partial charge >= 0.3 is 0 Å². The van der Waals surface area contributed by atoms with Crippen LogP contribution < -0.4 is 0 Å². The van der Waals surface area contributed by atoms with Crippen molar-refractivity contribution in [3.63, 3.8) is 0 Å². The van der Waals surface area contributed by atoms with Crippen molar-refractivity contribution in [1.29, 1.82) is 0 Å². The zero-order valence-corrected chi connectivity index (χ0v) is 13.3. The predicted octanol–water partition coefficient (Wildman–Crippen LogP) is 2.62. The Balaban J connectivity index is 1.67. The minimum absolute atomic E-state index is 0.00732. The zero-order valence-electron chi connectivity index (χ0n) is 13.3. The first-order valence-corrected chi connectivity index (χ1v) is 8.07. The van der Waals surface area contributed by atoms with E-state index in [9.17, 15) is 0 Å². The van der Waals surface area contributed by atoms with E-state index in [1.54, 1.807) is 17.0 Å². The summed E-state index contributed by atoms with van der Waals surface area (Å²) in [6.07, 6.45) is 5.50. The number of nitrogens with zero attached hydrogens (tertiary/aromatic N) is 6. The molecule has 3 aromatic heterocycles. The molecule has 7 heteroatoms. The molecule has 1 aromatic carbocycles. The molecule has 4 aromatic rings. The average molecular weight is 320 g/mol. The molecular formula is C17H16N6O. The van der Waals surface area contributed by atoms with Crippen molar-refractivity contribution in [2.24, 2.45) is 0 Å². The fraction of sp³-hybridized carbons (Fsp3) is 0.294. The van der Waals surface area contributed by atoms with Crippen LogP contribution in [-0.4, -0.2) is 36.0 Å². The molecule has 1 saturated heterocycles. The Labute approximate surface area is 137 Å². The number of aryl methyl sites for hydroxylation is 1. The van der Waals surface area contributed by atoms with Crippen LogP contribution in [0.1, 0.15) is 30.3 Å². The molecule has 1 aliphatic rings. The summed E-state index contributed by atoms with van der Waals surface area (Å²) < 4.78 is 9.22. The van der Waals surface area contributed by atoms with Crippen molar-refractivity contribution in [3.05, 3.63) is 48.2 Å². The van der Waals surface area contributed by atoms with Crippen molar-refractivity contribution in [3.8, 4) is 5.69 Å². The first kappa shape index (κ1) is 13.6. The van der Waals surface area contributed by atoms with Crippen molar-refractivity contribution < 1.29 is 4.74 Å². The average Bonchev–Trinajstić information content (AvgIpc) is 3.33. The summed E-state index contributed by atoms with van der Waals surface area (Å²) in [6, 6.07) is 8.20. The maximum atomic E-state index is 5.69. The van der Waals surface area contributed by atoms with Gasteiger partial charge in [0, 0.05) is 6.61 Å². The maximum absolute atomic E-state index is 5.69. The highest BCUT2D eigenvalue weighted by Crippen LogP contribution is 2.27. The highest BCUT2D eigenvalue weighted by molar-refractivity contribution is 5.89. The Morgan fingerprint density at radius 1 is 1.17 bits per heavy atom. The van der Waals surface area contributed by atoms with E-state index >= 15 is 0 Å². The molecule has 0 radical (unpaired) electrons. The molecule has 0 aliphatic carbocycles. The van der Waals surface area contributed by atoms with Gasteiger partial charge in [0.2, 0.25) is 0 Å². The zero-order chi connectivity index (χ0) is 16.1. The summed E-state index contributed by atoms with van der Waals surface area (Å²) in [5.41, 5.74) is 3.73. The van der Waals surface area contributed by atoms with Crippen LogP contribution in [0.15, 0.2) is 36.8 Å². The number of benzene rings is 1. The van der Waals surface area contributed by atoms with Gasteiger partial charge < -0.3 is 4.74 Å². The lowest BCUT2D eigenvalue weighted by Crippen LogP contribution is -1.99. The third-order valence-corrected chi connectivity index (χ3v) is 4.42. The Kier molecular flexibility index (Phi) is 2.90. The van der Waals surface area contributed by atoms with Crippen LogP contribution in [0.4, 0.5) is 0 Å². The normalized spacial score (nSPS) is 18.0. The number of rotatable bonds is 2. The van der Waals surface area contributed by atoms with Gasteiger partial charge in [0.25, 0.3) is 0 Å². The van der Waals surface area contributed by atoms with Gasteiger partial charge in [-0.1, -0.05) is 17.7 Å². The number of ether oxygens (including phenoxy) is 1. The second kappa shape index (κ2) is 5.10. The van der Waals surface area contributed by atoms with Gasteiger partial charge in [-0.15, -0.1) is 5.10 Å². The second-order valence-corrected chi connectivity index (χ2v) is 6.11. The van der Waals surface area contributed by atoms with E-state index in [1.165, 1.54) is 5.56 Å². The van der Waals surface area contributed by atoms with Crippen LogP contribution in [0.5, 0.6) is 0 Å². The largest absolute Gasteiger partial charge is 0.370 e. The second-order valence-electron chi connectivity index (χ2n) is 6.11. The molecule has 1 fully saturated rings. The van der Waals surface area contributed by atoms with Gasteiger partial charge in [-0.3, -0.25) is 0 Å². The fourth-order valence-electron chi connectivity index (χ4n) is 3.13. The molecule has 1 atom stereocenters. The van der Waals surface area contributed by atoms with E-state index < -0.39 is 0 Å². The molecule has 5 rings (SSSR count). The third kappa shape index (κ3) is 2.01. The van der Waals surface area contributed by atoms with Crippen LogP contribution >= 0.6 is 0 Å². The first-order valence-electron chi connectivity index (χ1n) is 8.07. The molecule has 0 spiro atoms. The van der Waals surface area contributed by atoms with Crippen LogP contribution in [0.3, 0.4) is 0 Å². The van der Waals surface area contributed by atoms with Crippen molar-refractivity contribution in [2.75, 3.05) is 6.61 Å². The molecule has 0 bridgehead atoms. The topological polar surface area (TPSA) is 70.1 Å². The lowest BCUT2D eigenvalue weighted by molar-refractivity contribution is 0.105. The molecule has 7 nitrogen and oxygen atoms in total. The van der Waals surface area contributed by atoms with Crippen molar-refractivity contribution >= 4 is 16.7 Å². The first-order chi connectivity index (χ1) is 11.8. The van der Waals surface area contributed by atoms with Crippen LogP contribution in [0.25, 0.3) is 22.4 Å². The lowest BCUT2D eigenvalue weighted by Gasteiger charge is -2.03. The van der Waals surface area contributed by atoms with Gasteiger partial charge in [0.1, 0.15) is 12.4 Å². The molecule has 0 N–H and O–H groups in total. The van der Waals surface area contributed by atoms with E-state index in [0.717, 1.165) is 47.6 Å². The monoisotopic (exact) mass is 320 g/mol. The Morgan fingerprint density at radius 2 is 2.04 bits per heavy atom. The van der Waals surface area contributed by atoms with Crippen molar-refractivity contribution in [2.45, 2.75) is 25.9 Å². The standard InChI is InChI=1S/C17H16N6O/c1-11-4-6-12(7-5-11)23-16-13(9-19-23)17-20-15(14-3-2-8-24-14)21-22(17)10-18-16/h4-7,9-10,14H,2-3,8H2,1H3/t14-/m1/s1. The molecule has 0 amide bonds. The summed E-state index contributed by atoms with van der Waals surface area (Å²) in [5, 5.41) is 9.90.